The van der Waals surface area contributed by atoms with Crippen LogP contribution in [-0.2, 0) is 4.79 Å². The van der Waals surface area contributed by atoms with Gasteiger partial charge in [0.1, 0.15) is 18.1 Å². The van der Waals surface area contributed by atoms with Crippen molar-refractivity contribution in [3.63, 3.8) is 0 Å². The molecule has 0 atom stereocenters. The van der Waals surface area contributed by atoms with Gasteiger partial charge in [-0.1, -0.05) is 0 Å². The van der Waals surface area contributed by atoms with Gasteiger partial charge in [-0.2, -0.15) is 18.4 Å². The van der Waals surface area contributed by atoms with Gasteiger partial charge in [0.15, 0.2) is 0 Å². The second-order valence-electron chi connectivity index (χ2n) is 2.01. The maximum absolute atomic E-state index is 10.6. The number of rotatable bonds is 0. The van der Waals surface area contributed by atoms with Gasteiger partial charge in [0.2, 0.25) is 0 Å². The van der Waals surface area contributed by atoms with E-state index >= 15 is 0 Å². The summed E-state index contributed by atoms with van der Waals surface area (Å²) < 4.78 is 31.7. The number of hydrogen-bond acceptors (Lipinski definition) is 4. The van der Waals surface area contributed by atoms with Crippen molar-refractivity contribution in [3.05, 3.63) is 24.3 Å². The minimum absolute atomic E-state index is 0.403. The molecule has 0 aromatic carbocycles. The van der Waals surface area contributed by atoms with Gasteiger partial charge >= 0.3 is 12.1 Å². The lowest BCUT2D eigenvalue weighted by Crippen LogP contribution is -2.21. The second-order valence-corrected chi connectivity index (χ2v) is 2.01. The van der Waals surface area contributed by atoms with Crippen LogP contribution in [0.1, 0.15) is 5.69 Å². The third kappa shape index (κ3) is 5.98. The lowest BCUT2D eigenvalue weighted by Gasteiger charge is -1.93. The summed E-state index contributed by atoms with van der Waals surface area (Å²) in [6.45, 7) is 0. The monoisotopic (exact) mass is 219 g/mol. The van der Waals surface area contributed by atoms with Crippen molar-refractivity contribution in [1.29, 1.82) is 5.26 Å². The number of carbonyl (C=O) groups is 1. The highest BCUT2D eigenvalue weighted by Crippen LogP contribution is 2.13. The number of carboxylic acid groups (broad SMARTS) is 1. The first-order valence-corrected chi connectivity index (χ1v) is 3.34. The first kappa shape index (κ1) is 12.8. The summed E-state index contributed by atoms with van der Waals surface area (Å²) in [5.41, 5.74) is 0.403. The highest BCUT2D eigenvalue weighted by Gasteiger charge is 2.38. The molecule has 1 aromatic heterocycles. The van der Waals surface area contributed by atoms with Gasteiger partial charge in [-0.25, -0.2) is 14.8 Å². The average molecular weight is 219 g/mol. The van der Waals surface area contributed by atoms with E-state index in [1.807, 2.05) is 6.07 Å². The summed E-state index contributed by atoms with van der Waals surface area (Å²) in [6.07, 6.45) is -2.20. The minimum Gasteiger partial charge on any atom is -0.475 e. The Kier molecular flexibility index (Phi) is 4.74. The summed E-state index contributed by atoms with van der Waals surface area (Å²) >= 11 is 0. The Morgan fingerprint density at radius 2 is 2.07 bits per heavy atom. The molecule has 5 nitrogen and oxygen atoms in total. The zero-order chi connectivity index (χ0) is 11.9. The Morgan fingerprint density at radius 1 is 1.53 bits per heavy atom. The van der Waals surface area contributed by atoms with Crippen molar-refractivity contribution < 1.29 is 23.1 Å². The summed E-state index contributed by atoms with van der Waals surface area (Å²) in [4.78, 5) is 16.2. The second kappa shape index (κ2) is 5.54. The molecule has 0 spiro atoms. The molecule has 0 saturated carbocycles. The lowest BCUT2D eigenvalue weighted by atomic mass is 10.5. The van der Waals surface area contributed by atoms with Crippen molar-refractivity contribution in [3.8, 4) is 6.07 Å². The van der Waals surface area contributed by atoms with Crippen molar-refractivity contribution in [2.24, 2.45) is 0 Å². The SMILES string of the molecule is N#Cc1ccncn1.O=C(O)C(F)(F)F. The fourth-order valence-corrected chi connectivity index (χ4v) is 0.357. The van der Waals surface area contributed by atoms with E-state index in [4.69, 9.17) is 15.2 Å². The Morgan fingerprint density at radius 3 is 2.27 bits per heavy atom. The van der Waals surface area contributed by atoms with Crippen LogP contribution in [-0.4, -0.2) is 27.2 Å². The maximum atomic E-state index is 10.6. The van der Waals surface area contributed by atoms with Gasteiger partial charge in [-0.3, -0.25) is 0 Å². The number of hydrogen-bond donors (Lipinski definition) is 1. The van der Waals surface area contributed by atoms with Gasteiger partial charge in [0, 0.05) is 6.20 Å². The first-order valence-electron chi connectivity index (χ1n) is 3.34. The first-order chi connectivity index (χ1) is 6.88. The minimum atomic E-state index is -5.08. The Hall–Kier alpha value is -2.17. The van der Waals surface area contributed by atoms with Gasteiger partial charge in [-0.05, 0) is 6.07 Å². The molecule has 1 aromatic rings. The molecule has 0 amide bonds. The zero-order valence-electron chi connectivity index (χ0n) is 7.06. The van der Waals surface area contributed by atoms with Crippen LogP contribution in [0, 0.1) is 11.3 Å². The predicted octanol–water partition coefficient (Wildman–Crippen LogP) is 0.982. The molecule has 8 heteroatoms. The van der Waals surface area contributed by atoms with Gasteiger partial charge < -0.3 is 5.11 Å². The summed E-state index contributed by atoms with van der Waals surface area (Å²) in [5, 5.41) is 15.3. The molecule has 0 aliphatic carbocycles. The molecule has 0 aliphatic heterocycles. The number of carboxylic acids is 1. The van der Waals surface area contributed by atoms with Crippen molar-refractivity contribution >= 4 is 5.97 Å². The van der Waals surface area contributed by atoms with Crippen molar-refractivity contribution in [1.82, 2.24) is 9.97 Å². The molecule has 1 N–H and O–H groups in total. The molecule has 0 radical (unpaired) electrons. The Bertz CT molecular complexity index is 358. The maximum Gasteiger partial charge on any atom is 0.490 e. The van der Waals surface area contributed by atoms with E-state index in [1.165, 1.54) is 12.5 Å². The normalized spacial score (nSPS) is 9.47. The molecule has 1 rings (SSSR count). The number of aliphatic carboxylic acids is 1. The fraction of sp³-hybridized carbons (Fsp3) is 0.143. The quantitative estimate of drug-likeness (QED) is 0.702. The predicted molar refractivity (Wildman–Crippen MR) is 40.4 cm³/mol. The highest BCUT2D eigenvalue weighted by atomic mass is 19.4. The standard InChI is InChI=1S/C5H3N3.C2HF3O2/c6-3-5-1-2-7-4-8-5;3-2(4,5)1(6)7/h1-2,4H;(H,6,7). The van der Waals surface area contributed by atoms with Gasteiger partial charge in [0.05, 0.1) is 0 Å². The average Bonchev–Trinajstić information content (AvgIpc) is 2.18. The van der Waals surface area contributed by atoms with Crippen LogP contribution in [0.15, 0.2) is 18.6 Å². The van der Waals surface area contributed by atoms with Crippen LogP contribution in [0.4, 0.5) is 13.2 Å². The van der Waals surface area contributed by atoms with Crippen LogP contribution in [0.5, 0.6) is 0 Å². The molecular weight excluding hydrogens is 215 g/mol. The van der Waals surface area contributed by atoms with Gasteiger partial charge in [0.25, 0.3) is 0 Å². The highest BCUT2D eigenvalue weighted by molar-refractivity contribution is 5.73. The number of alkyl halides is 3. The number of nitrogens with zero attached hydrogens (tertiary/aromatic N) is 3. The van der Waals surface area contributed by atoms with E-state index < -0.39 is 12.1 Å². The number of aromatic nitrogens is 2. The van der Waals surface area contributed by atoms with Gasteiger partial charge in [-0.15, -0.1) is 0 Å². The molecule has 0 unspecified atom stereocenters. The molecular formula is C7H4F3N3O2. The third-order valence-electron chi connectivity index (χ3n) is 0.939. The molecule has 0 aliphatic rings. The Balaban J connectivity index is 0.000000265. The molecule has 1 heterocycles. The molecule has 0 bridgehead atoms. The van der Waals surface area contributed by atoms with Crippen LogP contribution < -0.4 is 0 Å². The van der Waals surface area contributed by atoms with Crippen LogP contribution >= 0.6 is 0 Å². The van der Waals surface area contributed by atoms with Crippen LogP contribution in [0.2, 0.25) is 0 Å². The number of nitriles is 1. The van der Waals surface area contributed by atoms with Crippen molar-refractivity contribution in [2.75, 3.05) is 0 Å². The van der Waals surface area contributed by atoms with E-state index in [0.29, 0.717) is 5.69 Å². The van der Waals surface area contributed by atoms with E-state index in [-0.39, 0.29) is 0 Å². The largest absolute Gasteiger partial charge is 0.490 e. The van der Waals surface area contributed by atoms with Crippen LogP contribution in [0.25, 0.3) is 0 Å². The summed E-state index contributed by atoms with van der Waals surface area (Å²) in [5.74, 6) is -2.76. The van der Waals surface area contributed by atoms with E-state index in [1.54, 1.807) is 6.07 Å². The van der Waals surface area contributed by atoms with E-state index in [0.717, 1.165) is 0 Å². The topological polar surface area (TPSA) is 86.9 Å². The molecule has 15 heavy (non-hydrogen) atoms. The molecule has 0 fully saturated rings. The summed E-state index contributed by atoms with van der Waals surface area (Å²) in [7, 11) is 0. The summed E-state index contributed by atoms with van der Waals surface area (Å²) in [6, 6.07) is 3.43. The van der Waals surface area contributed by atoms with E-state index in [2.05, 4.69) is 9.97 Å². The Labute approximate surface area is 81.8 Å². The lowest BCUT2D eigenvalue weighted by molar-refractivity contribution is -0.192. The smallest absolute Gasteiger partial charge is 0.475 e. The molecule has 0 saturated heterocycles. The fourth-order valence-electron chi connectivity index (χ4n) is 0.357. The third-order valence-corrected chi connectivity index (χ3v) is 0.939. The zero-order valence-corrected chi connectivity index (χ0v) is 7.06. The number of halogens is 3. The van der Waals surface area contributed by atoms with Crippen molar-refractivity contribution in [2.45, 2.75) is 6.18 Å². The van der Waals surface area contributed by atoms with E-state index in [9.17, 15) is 13.2 Å². The molecule has 80 valence electrons. The van der Waals surface area contributed by atoms with Crippen LogP contribution in [0.3, 0.4) is 0 Å².